The largest absolute Gasteiger partial charge is 0.432 e. The zero-order valence-corrected chi connectivity index (χ0v) is 13.2. The Hall–Kier alpha value is -0.870. The summed E-state index contributed by atoms with van der Waals surface area (Å²) in [5, 5.41) is 0. The average molecular weight is 284 g/mol. The van der Waals surface area contributed by atoms with E-state index in [1.54, 1.807) is 6.92 Å². The second-order valence-electron chi connectivity index (χ2n) is 5.96. The van der Waals surface area contributed by atoms with Gasteiger partial charge in [0.1, 0.15) is 6.10 Å². The quantitative estimate of drug-likeness (QED) is 0.267. The highest BCUT2D eigenvalue weighted by molar-refractivity contribution is 5.86. The molecule has 0 aromatic rings. The SMILES string of the molecule is C=C(C)C(=O)OC(CCC(C)(CC)CC)OCC1CO1. The van der Waals surface area contributed by atoms with Crippen molar-refractivity contribution in [2.45, 2.75) is 65.8 Å². The van der Waals surface area contributed by atoms with Gasteiger partial charge in [-0.2, -0.15) is 0 Å². The number of hydrogen-bond acceptors (Lipinski definition) is 4. The molecule has 0 aromatic carbocycles. The van der Waals surface area contributed by atoms with Crippen molar-refractivity contribution >= 4 is 5.97 Å². The molecule has 4 nitrogen and oxygen atoms in total. The van der Waals surface area contributed by atoms with Crippen molar-refractivity contribution in [2.75, 3.05) is 13.2 Å². The van der Waals surface area contributed by atoms with Crippen molar-refractivity contribution in [3.63, 3.8) is 0 Å². The Bertz CT molecular complexity index is 329. The Kier molecular flexibility index (Phi) is 6.69. The Morgan fingerprint density at radius 1 is 1.45 bits per heavy atom. The Balaban J connectivity index is 2.47. The number of hydrogen-bond donors (Lipinski definition) is 0. The van der Waals surface area contributed by atoms with Gasteiger partial charge in [0.2, 0.25) is 6.29 Å². The van der Waals surface area contributed by atoms with Crippen LogP contribution in [-0.4, -0.2) is 31.6 Å². The number of carbonyl (C=O) groups is 1. The molecule has 0 bridgehead atoms. The van der Waals surface area contributed by atoms with Crippen LogP contribution in [-0.2, 0) is 19.0 Å². The standard InChI is InChI=1S/C16H28O4/c1-6-16(5,7-2)9-8-14(19-11-13-10-18-13)20-15(17)12(3)4/h13-14H,3,6-11H2,1-2,4-5H3. The molecule has 0 spiro atoms. The zero-order valence-electron chi connectivity index (χ0n) is 13.2. The topological polar surface area (TPSA) is 48.1 Å². The minimum atomic E-state index is -0.499. The number of carbonyl (C=O) groups excluding carboxylic acids is 1. The van der Waals surface area contributed by atoms with Gasteiger partial charge in [0.15, 0.2) is 0 Å². The predicted molar refractivity (Wildman–Crippen MR) is 78.3 cm³/mol. The van der Waals surface area contributed by atoms with Gasteiger partial charge in [-0.25, -0.2) is 4.79 Å². The van der Waals surface area contributed by atoms with Crippen LogP contribution in [0.25, 0.3) is 0 Å². The molecule has 116 valence electrons. The van der Waals surface area contributed by atoms with Crippen LogP contribution in [0, 0.1) is 5.41 Å². The molecule has 4 heteroatoms. The van der Waals surface area contributed by atoms with Gasteiger partial charge in [-0.1, -0.05) is 40.2 Å². The Morgan fingerprint density at radius 3 is 2.50 bits per heavy atom. The molecule has 1 saturated heterocycles. The molecule has 20 heavy (non-hydrogen) atoms. The summed E-state index contributed by atoms with van der Waals surface area (Å²) in [6.45, 7) is 13.1. The highest BCUT2D eigenvalue weighted by Crippen LogP contribution is 2.32. The molecule has 1 rings (SSSR count). The monoisotopic (exact) mass is 284 g/mol. The van der Waals surface area contributed by atoms with E-state index in [-0.39, 0.29) is 17.5 Å². The average Bonchev–Trinajstić information content (AvgIpc) is 3.25. The first-order valence-corrected chi connectivity index (χ1v) is 7.50. The molecule has 1 fully saturated rings. The highest BCUT2D eigenvalue weighted by atomic mass is 16.7. The summed E-state index contributed by atoms with van der Waals surface area (Å²) in [7, 11) is 0. The molecule has 1 heterocycles. The van der Waals surface area contributed by atoms with E-state index >= 15 is 0 Å². The summed E-state index contributed by atoms with van der Waals surface area (Å²) in [4.78, 5) is 11.6. The normalized spacial score (nSPS) is 19.5. The van der Waals surface area contributed by atoms with Crippen molar-refractivity contribution in [1.82, 2.24) is 0 Å². The molecule has 2 atom stereocenters. The molecule has 0 N–H and O–H groups in total. The maximum atomic E-state index is 11.6. The first kappa shape index (κ1) is 17.2. The van der Waals surface area contributed by atoms with Gasteiger partial charge >= 0.3 is 5.97 Å². The second kappa shape index (κ2) is 7.79. The third-order valence-corrected chi connectivity index (χ3v) is 4.15. The molecular weight excluding hydrogens is 256 g/mol. The van der Waals surface area contributed by atoms with E-state index in [1.807, 2.05) is 0 Å². The van der Waals surface area contributed by atoms with Gasteiger partial charge in [-0.3, -0.25) is 0 Å². The fraction of sp³-hybridized carbons (Fsp3) is 0.812. The molecule has 1 aliphatic rings. The van der Waals surface area contributed by atoms with E-state index < -0.39 is 6.29 Å². The van der Waals surface area contributed by atoms with Gasteiger partial charge in [0.05, 0.1) is 13.2 Å². The smallest absolute Gasteiger partial charge is 0.335 e. The lowest BCUT2D eigenvalue weighted by atomic mass is 9.80. The lowest BCUT2D eigenvalue weighted by Crippen LogP contribution is -2.26. The van der Waals surface area contributed by atoms with E-state index in [4.69, 9.17) is 14.2 Å². The molecule has 0 aliphatic carbocycles. The Labute approximate surface area is 122 Å². The van der Waals surface area contributed by atoms with Crippen LogP contribution in [0.5, 0.6) is 0 Å². The van der Waals surface area contributed by atoms with E-state index in [0.29, 0.717) is 18.6 Å². The number of ether oxygens (including phenoxy) is 3. The van der Waals surface area contributed by atoms with Crippen molar-refractivity contribution in [2.24, 2.45) is 5.41 Å². The van der Waals surface area contributed by atoms with E-state index in [0.717, 1.165) is 25.9 Å². The number of rotatable bonds is 10. The molecular formula is C16H28O4. The van der Waals surface area contributed by atoms with Crippen LogP contribution in [0.1, 0.15) is 53.4 Å². The molecule has 0 radical (unpaired) electrons. The summed E-state index contributed by atoms with van der Waals surface area (Å²) >= 11 is 0. The molecule has 0 amide bonds. The Morgan fingerprint density at radius 2 is 2.05 bits per heavy atom. The summed E-state index contributed by atoms with van der Waals surface area (Å²) in [5.74, 6) is -0.388. The predicted octanol–water partition coefficient (Wildman–Crippen LogP) is 3.45. The van der Waals surface area contributed by atoms with E-state index in [2.05, 4.69) is 27.4 Å². The van der Waals surface area contributed by atoms with Gasteiger partial charge in [-0.05, 0) is 18.8 Å². The van der Waals surface area contributed by atoms with Crippen LogP contribution >= 0.6 is 0 Å². The van der Waals surface area contributed by atoms with Gasteiger partial charge in [0.25, 0.3) is 0 Å². The minimum absolute atomic E-state index is 0.171. The van der Waals surface area contributed by atoms with Crippen LogP contribution in [0.2, 0.25) is 0 Å². The first-order valence-electron chi connectivity index (χ1n) is 7.50. The van der Waals surface area contributed by atoms with E-state index in [9.17, 15) is 4.79 Å². The van der Waals surface area contributed by atoms with Gasteiger partial charge < -0.3 is 14.2 Å². The van der Waals surface area contributed by atoms with Crippen LogP contribution in [0.15, 0.2) is 12.2 Å². The molecule has 0 saturated carbocycles. The molecule has 0 aromatic heterocycles. The third kappa shape index (κ3) is 6.06. The second-order valence-corrected chi connectivity index (χ2v) is 5.96. The number of esters is 1. The first-order chi connectivity index (χ1) is 9.40. The summed E-state index contributed by atoms with van der Waals surface area (Å²) in [6, 6.07) is 0. The van der Waals surface area contributed by atoms with Gasteiger partial charge in [-0.15, -0.1) is 0 Å². The highest BCUT2D eigenvalue weighted by Gasteiger charge is 2.27. The van der Waals surface area contributed by atoms with Crippen molar-refractivity contribution in [1.29, 1.82) is 0 Å². The summed E-state index contributed by atoms with van der Waals surface area (Å²) in [6.07, 6.45) is 3.57. The molecule has 1 aliphatic heterocycles. The van der Waals surface area contributed by atoms with Crippen molar-refractivity contribution < 1.29 is 19.0 Å². The third-order valence-electron chi connectivity index (χ3n) is 4.15. The summed E-state index contributed by atoms with van der Waals surface area (Å²) in [5.41, 5.74) is 0.669. The lowest BCUT2D eigenvalue weighted by Gasteiger charge is -2.28. The molecule has 2 unspecified atom stereocenters. The maximum Gasteiger partial charge on any atom is 0.335 e. The van der Waals surface area contributed by atoms with E-state index in [1.165, 1.54) is 0 Å². The minimum Gasteiger partial charge on any atom is -0.432 e. The lowest BCUT2D eigenvalue weighted by molar-refractivity contribution is -0.178. The van der Waals surface area contributed by atoms with Crippen molar-refractivity contribution in [3.05, 3.63) is 12.2 Å². The van der Waals surface area contributed by atoms with Crippen LogP contribution in [0.4, 0.5) is 0 Å². The fourth-order valence-electron chi connectivity index (χ4n) is 1.85. The van der Waals surface area contributed by atoms with Gasteiger partial charge in [0, 0.05) is 12.0 Å². The summed E-state index contributed by atoms with van der Waals surface area (Å²) < 4.78 is 16.1. The zero-order chi connectivity index (χ0) is 15.2. The van der Waals surface area contributed by atoms with Crippen molar-refractivity contribution in [3.8, 4) is 0 Å². The fourth-order valence-corrected chi connectivity index (χ4v) is 1.85. The number of epoxide rings is 1. The van der Waals surface area contributed by atoms with Crippen LogP contribution in [0.3, 0.4) is 0 Å². The van der Waals surface area contributed by atoms with Crippen LogP contribution < -0.4 is 0 Å². The maximum absolute atomic E-state index is 11.6.